The first-order valence-electron chi connectivity index (χ1n) is 4.41. The van der Waals surface area contributed by atoms with E-state index in [9.17, 15) is 22.4 Å². The Hall–Kier alpha value is -1.11. The number of halogens is 5. The van der Waals surface area contributed by atoms with E-state index >= 15 is 0 Å². The molecular formula is C10H7BrF4O2. The fourth-order valence-electron chi connectivity index (χ4n) is 1.15. The average molecular weight is 315 g/mol. The van der Waals surface area contributed by atoms with Gasteiger partial charge in [-0.3, -0.25) is 4.79 Å². The summed E-state index contributed by atoms with van der Waals surface area (Å²) in [6.07, 6.45) is -4.97. The maximum Gasteiger partial charge on any atom is 0.573 e. The van der Waals surface area contributed by atoms with E-state index < -0.39 is 28.5 Å². The maximum atomic E-state index is 13.6. The van der Waals surface area contributed by atoms with E-state index in [1.807, 2.05) is 0 Å². The number of benzene rings is 1. The van der Waals surface area contributed by atoms with Crippen molar-refractivity contribution in [1.82, 2.24) is 0 Å². The summed E-state index contributed by atoms with van der Waals surface area (Å²) in [6.45, 7) is 1.19. The number of carbonyl (C=O) groups excluding carboxylic acids is 1. The van der Waals surface area contributed by atoms with Gasteiger partial charge in [0.1, 0.15) is 10.6 Å². The predicted octanol–water partition coefficient (Wildman–Crippen LogP) is 3.75. The minimum Gasteiger partial charge on any atom is -0.403 e. The molecule has 0 spiro atoms. The largest absolute Gasteiger partial charge is 0.573 e. The van der Waals surface area contributed by atoms with Gasteiger partial charge in [0.25, 0.3) is 0 Å². The summed E-state index contributed by atoms with van der Waals surface area (Å²) in [4.78, 5) is 10.0. The molecule has 0 radical (unpaired) electrons. The van der Waals surface area contributed by atoms with Crippen molar-refractivity contribution < 1.29 is 27.1 Å². The van der Waals surface area contributed by atoms with Crippen molar-refractivity contribution >= 4 is 21.7 Å². The lowest BCUT2D eigenvalue weighted by atomic mass is 10.1. The van der Waals surface area contributed by atoms with Crippen molar-refractivity contribution in [3.8, 4) is 5.75 Å². The number of carbonyl (C=O) groups is 1. The molecule has 1 unspecified atom stereocenters. The molecule has 1 aromatic carbocycles. The quantitative estimate of drug-likeness (QED) is 0.627. The molecular weight excluding hydrogens is 308 g/mol. The van der Waals surface area contributed by atoms with Gasteiger partial charge in [-0.1, -0.05) is 28.1 Å². The van der Waals surface area contributed by atoms with Gasteiger partial charge in [-0.15, -0.1) is 13.2 Å². The Morgan fingerprint density at radius 1 is 1.41 bits per heavy atom. The van der Waals surface area contributed by atoms with Gasteiger partial charge in [0.15, 0.2) is 11.6 Å². The van der Waals surface area contributed by atoms with Crippen molar-refractivity contribution in [1.29, 1.82) is 0 Å². The smallest absolute Gasteiger partial charge is 0.403 e. The first-order valence-corrected chi connectivity index (χ1v) is 5.32. The minimum absolute atomic E-state index is 0.195. The molecule has 0 N–H and O–H groups in total. The van der Waals surface area contributed by atoms with Crippen LogP contribution >= 0.6 is 15.9 Å². The molecule has 2 nitrogen and oxygen atoms in total. The molecule has 0 bridgehead atoms. The lowest BCUT2D eigenvalue weighted by molar-refractivity contribution is -0.275. The predicted molar refractivity (Wildman–Crippen MR) is 55.4 cm³/mol. The second kappa shape index (κ2) is 5.03. The van der Waals surface area contributed by atoms with Crippen LogP contribution in [0.2, 0.25) is 0 Å². The summed E-state index contributed by atoms with van der Waals surface area (Å²) in [5.74, 6) is -2.59. The summed E-state index contributed by atoms with van der Waals surface area (Å²) in [5, 5.41) is 0. The Balaban J connectivity index is 3.12. The molecule has 7 heteroatoms. The number of hydrogen-bond acceptors (Lipinski definition) is 2. The van der Waals surface area contributed by atoms with E-state index in [2.05, 4.69) is 20.7 Å². The third-order valence-electron chi connectivity index (χ3n) is 1.85. The maximum absolute atomic E-state index is 13.6. The summed E-state index contributed by atoms with van der Waals surface area (Å²) < 4.78 is 52.9. The standard InChI is InChI=1S/C10H7BrF4O2/c1-5(16)8(11)6-3-2-4-7(9(6)12)17-10(13,14)15/h2-4,8H,1H3. The van der Waals surface area contributed by atoms with E-state index in [4.69, 9.17) is 0 Å². The van der Waals surface area contributed by atoms with Crippen LogP contribution in [0, 0.1) is 5.82 Å². The van der Waals surface area contributed by atoms with Crippen LogP contribution in [-0.2, 0) is 4.79 Å². The molecule has 0 aliphatic carbocycles. The van der Waals surface area contributed by atoms with Crippen molar-refractivity contribution in [2.75, 3.05) is 0 Å². The number of rotatable bonds is 3. The van der Waals surface area contributed by atoms with Crippen LogP contribution in [0.1, 0.15) is 17.3 Å². The second-order valence-corrected chi connectivity index (χ2v) is 4.10. The molecule has 1 aromatic rings. The highest BCUT2D eigenvalue weighted by atomic mass is 79.9. The van der Waals surface area contributed by atoms with Crippen molar-refractivity contribution in [2.45, 2.75) is 18.1 Å². The number of ketones is 1. The molecule has 0 aliphatic rings. The van der Waals surface area contributed by atoms with Gasteiger partial charge in [0.2, 0.25) is 0 Å². The van der Waals surface area contributed by atoms with Crippen LogP contribution in [0.15, 0.2) is 18.2 Å². The second-order valence-electron chi connectivity index (χ2n) is 3.18. The summed E-state index contributed by atoms with van der Waals surface area (Å²) >= 11 is 2.89. The molecule has 17 heavy (non-hydrogen) atoms. The van der Waals surface area contributed by atoms with Gasteiger partial charge < -0.3 is 4.74 Å². The van der Waals surface area contributed by atoms with Crippen molar-refractivity contribution in [3.05, 3.63) is 29.6 Å². The Bertz CT molecular complexity index is 431. The summed E-state index contributed by atoms with van der Waals surface area (Å²) in [5.41, 5.74) is -0.195. The molecule has 1 atom stereocenters. The normalized spacial score (nSPS) is 13.3. The van der Waals surface area contributed by atoms with Crippen LogP contribution in [0.5, 0.6) is 5.75 Å². The van der Waals surface area contributed by atoms with Crippen LogP contribution in [-0.4, -0.2) is 12.1 Å². The molecule has 0 saturated heterocycles. The van der Waals surface area contributed by atoms with E-state index in [1.165, 1.54) is 19.1 Å². The Labute approximate surface area is 103 Å². The van der Waals surface area contributed by atoms with Crippen LogP contribution in [0.3, 0.4) is 0 Å². The van der Waals surface area contributed by atoms with Gasteiger partial charge in [-0.25, -0.2) is 4.39 Å². The first-order chi connectivity index (χ1) is 7.72. The average Bonchev–Trinajstić information content (AvgIpc) is 2.18. The van der Waals surface area contributed by atoms with Crippen molar-refractivity contribution in [2.24, 2.45) is 0 Å². The highest BCUT2D eigenvalue weighted by molar-refractivity contribution is 9.09. The van der Waals surface area contributed by atoms with Crippen LogP contribution in [0.4, 0.5) is 17.6 Å². The number of hydrogen-bond donors (Lipinski definition) is 0. The lowest BCUT2D eigenvalue weighted by Crippen LogP contribution is -2.18. The Kier molecular flexibility index (Phi) is 4.13. The zero-order valence-corrected chi connectivity index (χ0v) is 10.1. The fraction of sp³-hybridized carbons (Fsp3) is 0.300. The molecule has 0 aromatic heterocycles. The fourth-order valence-corrected chi connectivity index (χ4v) is 1.50. The number of alkyl halides is 4. The van der Waals surface area contributed by atoms with Gasteiger partial charge in [-0.05, 0) is 13.0 Å². The van der Waals surface area contributed by atoms with Crippen LogP contribution in [0.25, 0.3) is 0 Å². The lowest BCUT2D eigenvalue weighted by Gasteiger charge is -2.13. The van der Waals surface area contributed by atoms with Gasteiger partial charge in [0, 0.05) is 5.56 Å². The van der Waals surface area contributed by atoms with Gasteiger partial charge >= 0.3 is 6.36 Å². The summed E-state index contributed by atoms with van der Waals surface area (Å²) in [7, 11) is 0. The number of ether oxygens (including phenoxy) is 1. The third-order valence-corrected chi connectivity index (χ3v) is 2.99. The van der Waals surface area contributed by atoms with E-state index in [0.717, 1.165) is 6.07 Å². The molecule has 0 fully saturated rings. The highest BCUT2D eigenvalue weighted by Crippen LogP contribution is 2.33. The summed E-state index contributed by atoms with van der Waals surface area (Å²) in [6, 6.07) is 3.22. The third kappa shape index (κ3) is 3.69. The SMILES string of the molecule is CC(=O)C(Br)c1cccc(OC(F)(F)F)c1F. The number of Topliss-reactive ketones (excluding diaryl/α,β-unsaturated/α-hetero) is 1. The van der Waals surface area contributed by atoms with Gasteiger partial charge in [0.05, 0.1) is 0 Å². The molecule has 0 saturated carbocycles. The zero-order chi connectivity index (χ0) is 13.2. The van der Waals surface area contributed by atoms with Gasteiger partial charge in [-0.2, -0.15) is 0 Å². The van der Waals surface area contributed by atoms with E-state index in [1.54, 1.807) is 0 Å². The van der Waals surface area contributed by atoms with E-state index in [-0.39, 0.29) is 5.56 Å². The molecule has 0 amide bonds. The molecule has 1 rings (SSSR count). The monoisotopic (exact) mass is 314 g/mol. The molecule has 94 valence electrons. The van der Waals surface area contributed by atoms with E-state index in [0.29, 0.717) is 0 Å². The topological polar surface area (TPSA) is 26.3 Å². The Morgan fingerprint density at radius 2 is 2.00 bits per heavy atom. The minimum atomic E-state index is -4.97. The highest BCUT2D eigenvalue weighted by Gasteiger charge is 2.33. The molecule has 0 aliphatic heterocycles. The van der Waals surface area contributed by atoms with Crippen molar-refractivity contribution in [3.63, 3.8) is 0 Å². The van der Waals surface area contributed by atoms with Crippen LogP contribution < -0.4 is 4.74 Å². The Morgan fingerprint density at radius 3 is 2.47 bits per heavy atom. The molecule has 0 heterocycles. The zero-order valence-electron chi connectivity index (χ0n) is 8.52. The first kappa shape index (κ1) is 14.0.